The quantitative estimate of drug-likeness (QED) is 0.269. The fraction of sp³-hybridized carbons (Fsp3) is 0.343. The van der Waals surface area contributed by atoms with Crippen LogP contribution in [0, 0.1) is 18.8 Å². The normalized spacial score (nSPS) is 25.0. The highest BCUT2D eigenvalue weighted by Crippen LogP contribution is 2.36. The van der Waals surface area contributed by atoms with Crippen molar-refractivity contribution < 1.29 is 23.4 Å². The molecule has 1 saturated heterocycles. The van der Waals surface area contributed by atoms with E-state index in [-0.39, 0.29) is 17.4 Å². The number of aliphatic hydroxyl groups is 1. The van der Waals surface area contributed by atoms with Crippen LogP contribution in [0.15, 0.2) is 106 Å². The Bertz CT molecular complexity index is 1510. The number of aliphatic imine (C=N–C) groups is 1. The number of aliphatic hydroxyl groups excluding tert-OH is 1. The lowest BCUT2D eigenvalue weighted by Crippen LogP contribution is -2.27. The van der Waals surface area contributed by atoms with Crippen molar-refractivity contribution in [2.24, 2.45) is 16.8 Å². The molecule has 2 aromatic carbocycles. The largest absolute Gasteiger partial charge is 0.484 e. The van der Waals surface area contributed by atoms with Crippen LogP contribution in [0.2, 0.25) is 5.02 Å². The molecule has 3 unspecified atom stereocenters. The Morgan fingerprint density at radius 2 is 2.00 bits per heavy atom. The van der Waals surface area contributed by atoms with Gasteiger partial charge in [-0.2, -0.15) is 8.78 Å². The molecule has 0 amide bonds. The molecule has 1 aliphatic carbocycles. The van der Waals surface area contributed by atoms with E-state index in [1.54, 1.807) is 18.3 Å². The molecule has 3 aliphatic rings. The second-order valence-electron chi connectivity index (χ2n) is 11.3. The number of nitrogens with zero attached hydrogens (tertiary/aromatic N) is 1. The minimum atomic E-state index is -3.30. The summed E-state index contributed by atoms with van der Waals surface area (Å²) in [4.78, 5) is 4.66. The molecule has 2 aromatic rings. The van der Waals surface area contributed by atoms with E-state index in [2.05, 4.69) is 41.5 Å². The van der Waals surface area contributed by atoms with Gasteiger partial charge < -0.3 is 19.9 Å². The van der Waals surface area contributed by atoms with Crippen LogP contribution in [-0.4, -0.2) is 24.0 Å². The van der Waals surface area contributed by atoms with E-state index < -0.39 is 12.0 Å². The summed E-state index contributed by atoms with van der Waals surface area (Å²) in [5.41, 5.74) is 5.66. The van der Waals surface area contributed by atoms with Gasteiger partial charge in [0.2, 0.25) is 5.88 Å². The molecule has 0 spiro atoms. The summed E-state index contributed by atoms with van der Waals surface area (Å²) < 4.78 is 40.2. The van der Waals surface area contributed by atoms with Gasteiger partial charge in [-0.1, -0.05) is 73.2 Å². The van der Waals surface area contributed by atoms with Crippen molar-refractivity contribution in [1.82, 2.24) is 5.32 Å². The van der Waals surface area contributed by atoms with Gasteiger partial charge in [0, 0.05) is 40.4 Å². The Morgan fingerprint density at radius 3 is 2.67 bits per heavy atom. The van der Waals surface area contributed by atoms with Crippen molar-refractivity contribution in [3.05, 3.63) is 129 Å². The fourth-order valence-corrected chi connectivity index (χ4v) is 5.57. The molecule has 1 fully saturated rings. The first kappa shape index (κ1) is 30.8. The summed E-state index contributed by atoms with van der Waals surface area (Å²) in [6.07, 6.45) is 12.8. The third-order valence-electron chi connectivity index (χ3n) is 7.90. The third-order valence-corrected chi connectivity index (χ3v) is 8.25. The zero-order chi connectivity index (χ0) is 30.6. The van der Waals surface area contributed by atoms with Crippen LogP contribution in [0.1, 0.15) is 48.9 Å². The number of alkyl halides is 2. The molecule has 2 heterocycles. The summed E-state index contributed by atoms with van der Waals surface area (Å²) in [6, 6.07) is 12.0. The minimum absolute atomic E-state index is 0.106. The maximum atomic E-state index is 14.2. The molecule has 43 heavy (non-hydrogen) atoms. The Kier molecular flexibility index (Phi) is 9.52. The first-order chi connectivity index (χ1) is 20.6. The molecule has 0 radical (unpaired) electrons. The Morgan fingerprint density at radius 1 is 1.23 bits per heavy atom. The van der Waals surface area contributed by atoms with E-state index in [0.717, 1.165) is 59.2 Å². The zero-order valence-electron chi connectivity index (χ0n) is 24.6. The number of benzene rings is 2. The maximum absolute atomic E-state index is 14.2. The number of allylic oxidation sites excluding steroid dienone is 7. The highest BCUT2D eigenvalue weighted by Gasteiger charge is 2.37. The second-order valence-corrected chi connectivity index (χ2v) is 11.7. The summed E-state index contributed by atoms with van der Waals surface area (Å²) in [5, 5.41) is 13.6. The molecule has 0 aromatic heterocycles. The third kappa shape index (κ3) is 7.64. The highest BCUT2D eigenvalue weighted by atomic mass is 35.5. The van der Waals surface area contributed by atoms with Crippen molar-refractivity contribution >= 4 is 17.8 Å². The first-order valence-electron chi connectivity index (χ1n) is 14.6. The predicted octanol–water partition coefficient (Wildman–Crippen LogP) is 8.05. The van der Waals surface area contributed by atoms with Gasteiger partial charge in [-0.3, -0.25) is 0 Å². The summed E-state index contributed by atoms with van der Waals surface area (Å²) >= 11 is 6.46. The van der Waals surface area contributed by atoms with Gasteiger partial charge in [0.15, 0.2) is 5.76 Å². The van der Waals surface area contributed by atoms with Gasteiger partial charge in [-0.05, 0) is 67.5 Å². The SMILES string of the molecule is Cc1ccc(COC2=C(\C3C=CC(N/C(Cc4ccc(C(F)(F)C(C)O)cc4)=C4\CO4)=CC3C)CC\C=C/C=N\2)c(Cl)c1. The van der Waals surface area contributed by atoms with Crippen LogP contribution in [0.3, 0.4) is 0 Å². The molecule has 5 rings (SSSR count). The first-order valence-corrected chi connectivity index (χ1v) is 15.0. The standard InChI is InChI=1S/C35H37ClF2N2O3/c1-22-8-11-26(31(36)17-22)20-43-34-30(7-5-4-6-16-39-34)29-15-14-28(18-23(29)2)40-32(33-21-42-33)19-25-9-12-27(13-10-25)35(37,38)24(3)41/h4,6,8-18,23-24,29,40-41H,5,7,19-21H2,1-3H3/b6-4-,33-32+,34-30-,39-16-. The van der Waals surface area contributed by atoms with Gasteiger partial charge in [0.25, 0.3) is 5.92 Å². The topological polar surface area (TPSA) is 66.4 Å². The number of aryl methyl sites for hydroxylation is 1. The van der Waals surface area contributed by atoms with Gasteiger partial charge in [0.05, 0.1) is 5.70 Å². The van der Waals surface area contributed by atoms with Crippen LogP contribution in [0.25, 0.3) is 0 Å². The van der Waals surface area contributed by atoms with Gasteiger partial charge in [-0.25, -0.2) is 4.99 Å². The Balaban J connectivity index is 1.29. The van der Waals surface area contributed by atoms with Gasteiger partial charge in [0.1, 0.15) is 19.3 Å². The number of halogens is 3. The number of rotatable bonds is 10. The molecule has 3 atom stereocenters. The lowest BCUT2D eigenvalue weighted by Gasteiger charge is -2.28. The molecular weight excluding hydrogens is 570 g/mol. The zero-order valence-corrected chi connectivity index (χ0v) is 25.4. The lowest BCUT2D eigenvalue weighted by molar-refractivity contribution is -0.106. The van der Waals surface area contributed by atoms with Gasteiger partial charge >= 0.3 is 0 Å². The molecule has 2 aliphatic heterocycles. The lowest BCUT2D eigenvalue weighted by atomic mass is 9.81. The molecule has 0 bridgehead atoms. The number of hydrogen-bond donors (Lipinski definition) is 2. The number of nitrogens with one attached hydrogen (secondary N) is 1. The average Bonchev–Trinajstić information content (AvgIpc) is 3.80. The van der Waals surface area contributed by atoms with Crippen LogP contribution in [0.4, 0.5) is 8.78 Å². The smallest absolute Gasteiger partial charge is 0.298 e. The maximum Gasteiger partial charge on any atom is 0.298 e. The molecule has 2 N–H and O–H groups in total. The van der Waals surface area contributed by atoms with Crippen LogP contribution in [-0.2, 0) is 28.4 Å². The van der Waals surface area contributed by atoms with Crippen molar-refractivity contribution in [2.45, 2.75) is 58.7 Å². The van der Waals surface area contributed by atoms with Crippen LogP contribution < -0.4 is 5.32 Å². The van der Waals surface area contributed by atoms with Crippen LogP contribution >= 0.6 is 11.6 Å². The average molecular weight is 607 g/mol. The van der Waals surface area contributed by atoms with E-state index in [1.165, 1.54) is 12.1 Å². The summed E-state index contributed by atoms with van der Waals surface area (Å²) in [5.74, 6) is -1.54. The van der Waals surface area contributed by atoms with E-state index in [4.69, 9.17) is 21.1 Å². The highest BCUT2D eigenvalue weighted by molar-refractivity contribution is 6.31. The van der Waals surface area contributed by atoms with E-state index >= 15 is 0 Å². The Labute approximate surface area is 257 Å². The predicted molar refractivity (Wildman–Crippen MR) is 167 cm³/mol. The van der Waals surface area contributed by atoms with Crippen molar-refractivity contribution in [3.63, 3.8) is 0 Å². The van der Waals surface area contributed by atoms with Gasteiger partial charge in [-0.15, -0.1) is 0 Å². The van der Waals surface area contributed by atoms with Crippen molar-refractivity contribution in [1.29, 1.82) is 0 Å². The molecule has 226 valence electrons. The number of ether oxygens (including phenoxy) is 2. The van der Waals surface area contributed by atoms with Crippen LogP contribution in [0.5, 0.6) is 0 Å². The van der Waals surface area contributed by atoms with E-state index in [9.17, 15) is 13.9 Å². The molecule has 5 nitrogen and oxygen atoms in total. The molecular formula is C35H37ClF2N2O3. The molecule has 8 heteroatoms. The Hall–Kier alpha value is -3.68. The monoisotopic (exact) mass is 606 g/mol. The summed E-state index contributed by atoms with van der Waals surface area (Å²) in [6.45, 7) is 6.15. The van der Waals surface area contributed by atoms with Crippen molar-refractivity contribution in [2.75, 3.05) is 6.61 Å². The fourth-order valence-electron chi connectivity index (χ4n) is 5.28. The minimum Gasteiger partial charge on any atom is -0.484 e. The second kappa shape index (κ2) is 13.3. The van der Waals surface area contributed by atoms with E-state index in [0.29, 0.717) is 30.5 Å². The molecule has 0 saturated carbocycles. The van der Waals surface area contributed by atoms with E-state index in [1.807, 2.05) is 31.2 Å². The summed E-state index contributed by atoms with van der Waals surface area (Å²) in [7, 11) is 0. The number of hydrogen-bond acceptors (Lipinski definition) is 5. The van der Waals surface area contributed by atoms with Crippen molar-refractivity contribution in [3.8, 4) is 0 Å². The number of epoxide rings is 1.